The van der Waals surface area contributed by atoms with Crippen molar-refractivity contribution in [3.8, 4) is 0 Å². The molecule has 1 atom stereocenters. The summed E-state index contributed by atoms with van der Waals surface area (Å²) in [4.78, 5) is 22.4. The van der Waals surface area contributed by atoms with E-state index in [-0.39, 0.29) is 11.8 Å². The van der Waals surface area contributed by atoms with E-state index >= 15 is 0 Å². The summed E-state index contributed by atoms with van der Waals surface area (Å²) < 4.78 is 0. The Morgan fingerprint density at radius 3 is 2.00 bits per heavy atom. The smallest absolute Gasteiger partial charge is 0.242 e. The number of nitrogens with one attached hydrogen (secondary N) is 1. The Kier molecular flexibility index (Phi) is 4.07. The molecule has 0 aliphatic heterocycles. The van der Waals surface area contributed by atoms with E-state index in [1.54, 1.807) is 13.8 Å². The molecule has 82 valence electrons. The van der Waals surface area contributed by atoms with Gasteiger partial charge in [-0.15, -0.1) is 0 Å². The monoisotopic (exact) mass is 201 g/mol. The number of nitrogens with two attached hydrogens (primary N) is 2. The molecule has 14 heavy (non-hydrogen) atoms. The van der Waals surface area contributed by atoms with Gasteiger partial charge in [-0.3, -0.25) is 9.59 Å². The third kappa shape index (κ3) is 3.33. The Hall–Kier alpha value is -1.10. The minimum absolute atomic E-state index is 0.0266. The van der Waals surface area contributed by atoms with E-state index in [2.05, 4.69) is 5.32 Å². The largest absolute Gasteiger partial charge is 0.368 e. The van der Waals surface area contributed by atoms with Crippen LogP contribution >= 0.6 is 0 Å². The van der Waals surface area contributed by atoms with Crippen LogP contribution in [0.4, 0.5) is 0 Å². The van der Waals surface area contributed by atoms with Gasteiger partial charge in [-0.1, -0.05) is 13.8 Å². The van der Waals surface area contributed by atoms with Crippen LogP contribution in [0.15, 0.2) is 0 Å². The van der Waals surface area contributed by atoms with Crippen molar-refractivity contribution < 1.29 is 9.59 Å². The first kappa shape index (κ1) is 12.9. The highest BCUT2D eigenvalue weighted by molar-refractivity contribution is 5.91. The number of primary amides is 1. The highest BCUT2D eigenvalue weighted by Crippen LogP contribution is 2.04. The predicted molar refractivity (Wildman–Crippen MR) is 54.2 cm³/mol. The Morgan fingerprint density at radius 2 is 1.71 bits per heavy atom. The molecule has 0 saturated carbocycles. The first-order valence-corrected chi connectivity index (χ1v) is 4.56. The second kappa shape index (κ2) is 4.41. The molecule has 5 N–H and O–H groups in total. The third-order valence-corrected chi connectivity index (χ3v) is 2.07. The summed E-state index contributed by atoms with van der Waals surface area (Å²) in [5, 5.41) is 2.50. The molecule has 0 aliphatic carbocycles. The summed E-state index contributed by atoms with van der Waals surface area (Å²) in [5.41, 5.74) is 9.65. The molecule has 5 nitrogen and oxygen atoms in total. The first-order valence-electron chi connectivity index (χ1n) is 4.56. The molecule has 0 rings (SSSR count). The van der Waals surface area contributed by atoms with Gasteiger partial charge in [0.2, 0.25) is 11.8 Å². The Balaban J connectivity index is 4.40. The number of rotatable bonds is 4. The van der Waals surface area contributed by atoms with Crippen molar-refractivity contribution in [1.29, 1.82) is 0 Å². The summed E-state index contributed by atoms with van der Waals surface area (Å²) in [6.45, 7) is 6.75. The maximum absolute atomic E-state index is 11.5. The third-order valence-electron chi connectivity index (χ3n) is 2.07. The molecule has 0 aromatic heterocycles. The van der Waals surface area contributed by atoms with E-state index in [0.717, 1.165) is 0 Å². The molecule has 0 saturated heterocycles. The summed E-state index contributed by atoms with van der Waals surface area (Å²) in [6.07, 6.45) is 0. The van der Waals surface area contributed by atoms with E-state index in [1.165, 1.54) is 0 Å². The van der Waals surface area contributed by atoms with Gasteiger partial charge in [-0.2, -0.15) is 0 Å². The van der Waals surface area contributed by atoms with Gasteiger partial charge >= 0.3 is 0 Å². The Bertz CT molecular complexity index is 236. The van der Waals surface area contributed by atoms with Crippen LogP contribution in [0.25, 0.3) is 0 Å². The van der Waals surface area contributed by atoms with Gasteiger partial charge in [-0.25, -0.2) is 0 Å². The van der Waals surface area contributed by atoms with Crippen LogP contribution in [-0.4, -0.2) is 23.4 Å². The lowest BCUT2D eigenvalue weighted by molar-refractivity contribution is -0.131. The number of carbonyl (C=O) groups is 2. The number of hydrogen-bond donors (Lipinski definition) is 3. The lowest BCUT2D eigenvalue weighted by atomic mass is 10.0. The van der Waals surface area contributed by atoms with E-state index in [0.29, 0.717) is 0 Å². The van der Waals surface area contributed by atoms with Crippen molar-refractivity contribution in [2.24, 2.45) is 17.4 Å². The summed E-state index contributed by atoms with van der Waals surface area (Å²) in [6, 6.07) is -0.617. The quantitative estimate of drug-likeness (QED) is 0.563. The van der Waals surface area contributed by atoms with Crippen molar-refractivity contribution in [3.63, 3.8) is 0 Å². The molecule has 0 aliphatic rings. The van der Waals surface area contributed by atoms with Gasteiger partial charge in [0.15, 0.2) is 0 Å². The van der Waals surface area contributed by atoms with Gasteiger partial charge in [0.25, 0.3) is 0 Å². The average molecular weight is 201 g/mol. The Labute approximate surface area is 84.2 Å². The molecule has 0 spiro atoms. The maximum atomic E-state index is 11.5. The molecule has 0 radical (unpaired) electrons. The molecular weight excluding hydrogens is 182 g/mol. The lowest BCUT2D eigenvalue weighted by Gasteiger charge is -2.25. The molecule has 5 heteroatoms. The van der Waals surface area contributed by atoms with Gasteiger partial charge in [-0.05, 0) is 19.8 Å². The molecule has 0 fully saturated rings. The van der Waals surface area contributed by atoms with Crippen molar-refractivity contribution in [1.82, 2.24) is 5.32 Å². The summed E-state index contributed by atoms with van der Waals surface area (Å²) >= 11 is 0. The first-order chi connectivity index (χ1) is 6.18. The van der Waals surface area contributed by atoms with E-state index < -0.39 is 17.5 Å². The van der Waals surface area contributed by atoms with Gasteiger partial charge < -0.3 is 16.8 Å². The van der Waals surface area contributed by atoms with Crippen molar-refractivity contribution >= 4 is 11.8 Å². The van der Waals surface area contributed by atoms with Gasteiger partial charge in [0.05, 0.1) is 6.04 Å². The van der Waals surface area contributed by atoms with Crippen LogP contribution in [0, 0.1) is 5.92 Å². The summed E-state index contributed by atoms with van der Waals surface area (Å²) in [7, 11) is 0. The average Bonchev–Trinajstić information content (AvgIpc) is 2.01. The van der Waals surface area contributed by atoms with Crippen molar-refractivity contribution in [2.75, 3.05) is 0 Å². The SMILES string of the molecule is CC(C)[C@H](N)C(=O)NC(C)(C)C(N)=O. The minimum Gasteiger partial charge on any atom is -0.368 e. The second-order valence-electron chi connectivity index (χ2n) is 4.25. The molecule has 2 amide bonds. The fourth-order valence-electron chi connectivity index (χ4n) is 0.756. The van der Waals surface area contributed by atoms with Crippen LogP contribution in [0.3, 0.4) is 0 Å². The van der Waals surface area contributed by atoms with Crippen molar-refractivity contribution in [2.45, 2.75) is 39.3 Å². The number of amides is 2. The molecule has 0 heterocycles. The zero-order chi connectivity index (χ0) is 11.5. The fourth-order valence-corrected chi connectivity index (χ4v) is 0.756. The maximum Gasteiger partial charge on any atom is 0.242 e. The van der Waals surface area contributed by atoms with Crippen LogP contribution in [-0.2, 0) is 9.59 Å². The lowest BCUT2D eigenvalue weighted by Crippen LogP contribution is -2.57. The van der Waals surface area contributed by atoms with E-state index in [4.69, 9.17) is 11.5 Å². The summed E-state index contributed by atoms with van der Waals surface area (Å²) in [5.74, 6) is -0.913. The molecular formula is C9H19N3O2. The van der Waals surface area contributed by atoms with Crippen LogP contribution in [0.5, 0.6) is 0 Å². The molecule has 0 unspecified atom stereocenters. The Morgan fingerprint density at radius 1 is 1.29 bits per heavy atom. The standard InChI is InChI=1S/C9H19N3O2/c1-5(2)6(10)7(13)12-9(3,4)8(11)14/h5-6H,10H2,1-4H3,(H2,11,14)(H,12,13)/t6-/m0/s1. The fraction of sp³-hybridized carbons (Fsp3) is 0.778. The molecule has 0 bridgehead atoms. The highest BCUT2D eigenvalue weighted by atomic mass is 16.2. The minimum atomic E-state index is -1.05. The topological polar surface area (TPSA) is 98.2 Å². The highest BCUT2D eigenvalue weighted by Gasteiger charge is 2.29. The normalized spacial score (nSPS) is 13.9. The predicted octanol–water partition coefficient (Wildman–Crippen LogP) is -0.650. The van der Waals surface area contributed by atoms with Crippen LogP contribution in [0.1, 0.15) is 27.7 Å². The van der Waals surface area contributed by atoms with E-state index in [9.17, 15) is 9.59 Å². The van der Waals surface area contributed by atoms with Gasteiger partial charge in [0, 0.05) is 0 Å². The zero-order valence-electron chi connectivity index (χ0n) is 9.13. The molecule has 0 aromatic rings. The van der Waals surface area contributed by atoms with Crippen LogP contribution < -0.4 is 16.8 Å². The number of carbonyl (C=O) groups excluding carboxylic acids is 2. The zero-order valence-corrected chi connectivity index (χ0v) is 9.13. The molecule has 0 aromatic carbocycles. The van der Waals surface area contributed by atoms with Crippen molar-refractivity contribution in [3.05, 3.63) is 0 Å². The van der Waals surface area contributed by atoms with Crippen LogP contribution in [0.2, 0.25) is 0 Å². The van der Waals surface area contributed by atoms with Gasteiger partial charge in [0.1, 0.15) is 5.54 Å². The number of hydrogen-bond acceptors (Lipinski definition) is 3. The van der Waals surface area contributed by atoms with E-state index in [1.807, 2.05) is 13.8 Å². The second-order valence-corrected chi connectivity index (χ2v) is 4.25.